The Morgan fingerprint density at radius 2 is 2.04 bits per heavy atom. The van der Waals surface area contributed by atoms with Gasteiger partial charge in [0, 0.05) is 41.8 Å². The van der Waals surface area contributed by atoms with E-state index < -0.39 is 4.92 Å². The first-order valence-corrected chi connectivity index (χ1v) is 7.01. The molecule has 0 fully saturated rings. The highest BCUT2D eigenvalue weighted by Gasteiger charge is 2.10. The van der Waals surface area contributed by atoms with Crippen LogP contribution in [0, 0.1) is 21.4 Å². The van der Waals surface area contributed by atoms with Gasteiger partial charge in [0.25, 0.3) is 5.69 Å². The Hall–Kier alpha value is -3.39. The molecular formula is C18H13N3O2. The number of nitro groups is 1. The van der Waals surface area contributed by atoms with Crippen molar-refractivity contribution in [3.63, 3.8) is 0 Å². The molecule has 112 valence electrons. The van der Waals surface area contributed by atoms with Gasteiger partial charge in [-0.15, -0.1) is 0 Å². The molecule has 0 aliphatic rings. The second-order valence-electron chi connectivity index (χ2n) is 5.19. The van der Waals surface area contributed by atoms with Gasteiger partial charge in [0.15, 0.2) is 0 Å². The average Bonchev–Trinajstić information content (AvgIpc) is 2.89. The number of non-ortho nitro benzene ring substituents is 1. The van der Waals surface area contributed by atoms with Gasteiger partial charge in [-0.2, -0.15) is 5.26 Å². The largest absolute Gasteiger partial charge is 0.350 e. The van der Waals surface area contributed by atoms with Crippen LogP contribution in [-0.4, -0.2) is 9.49 Å². The molecule has 0 aliphatic heterocycles. The Bertz CT molecular complexity index is 977. The quantitative estimate of drug-likeness (QED) is 0.414. The third-order valence-corrected chi connectivity index (χ3v) is 3.72. The van der Waals surface area contributed by atoms with E-state index in [0.29, 0.717) is 11.1 Å². The molecule has 3 rings (SSSR count). The van der Waals surface area contributed by atoms with Crippen molar-refractivity contribution in [3.8, 4) is 6.07 Å². The molecule has 5 heteroatoms. The highest BCUT2D eigenvalue weighted by molar-refractivity contribution is 5.98. The average molecular weight is 303 g/mol. The maximum Gasteiger partial charge on any atom is 0.270 e. The number of hydrogen-bond acceptors (Lipinski definition) is 3. The van der Waals surface area contributed by atoms with E-state index in [0.717, 1.165) is 16.5 Å². The third kappa shape index (κ3) is 2.70. The van der Waals surface area contributed by atoms with E-state index in [2.05, 4.69) is 6.07 Å². The van der Waals surface area contributed by atoms with E-state index in [1.807, 2.05) is 42.1 Å². The first-order chi connectivity index (χ1) is 11.1. The summed E-state index contributed by atoms with van der Waals surface area (Å²) in [5.74, 6) is 0. The summed E-state index contributed by atoms with van der Waals surface area (Å²) in [6.45, 7) is 0. The Morgan fingerprint density at radius 3 is 2.78 bits per heavy atom. The van der Waals surface area contributed by atoms with Crippen LogP contribution in [0.3, 0.4) is 0 Å². The summed E-state index contributed by atoms with van der Waals surface area (Å²) in [4.78, 5) is 10.4. The van der Waals surface area contributed by atoms with Crippen LogP contribution in [0.5, 0.6) is 0 Å². The molecule has 0 aliphatic carbocycles. The molecular weight excluding hydrogens is 290 g/mol. The van der Waals surface area contributed by atoms with E-state index in [4.69, 9.17) is 0 Å². The lowest BCUT2D eigenvalue weighted by Crippen LogP contribution is -1.89. The van der Waals surface area contributed by atoms with Crippen LogP contribution in [0.2, 0.25) is 0 Å². The van der Waals surface area contributed by atoms with Crippen LogP contribution in [0.25, 0.3) is 22.6 Å². The summed E-state index contributed by atoms with van der Waals surface area (Å²) < 4.78 is 1.99. The maximum atomic E-state index is 10.9. The van der Waals surface area contributed by atoms with Crippen molar-refractivity contribution in [1.29, 1.82) is 5.26 Å². The molecule has 1 aromatic heterocycles. The van der Waals surface area contributed by atoms with E-state index in [9.17, 15) is 15.4 Å². The number of nitrogens with zero attached hydrogens (tertiary/aromatic N) is 3. The minimum absolute atomic E-state index is 0.0263. The molecule has 23 heavy (non-hydrogen) atoms. The van der Waals surface area contributed by atoms with Crippen LogP contribution in [-0.2, 0) is 7.05 Å². The van der Waals surface area contributed by atoms with Gasteiger partial charge >= 0.3 is 0 Å². The van der Waals surface area contributed by atoms with Gasteiger partial charge in [-0.3, -0.25) is 10.1 Å². The number of rotatable bonds is 3. The van der Waals surface area contributed by atoms with Crippen molar-refractivity contribution in [2.45, 2.75) is 0 Å². The van der Waals surface area contributed by atoms with Crippen molar-refractivity contribution in [2.24, 2.45) is 7.05 Å². The Morgan fingerprint density at radius 1 is 1.26 bits per heavy atom. The maximum absolute atomic E-state index is 10.9. The van der Waals surface area contributed by atoms with Crippen LogP contribution in [0.15, 0.2) is 54.7 Å². The van der Waals surface area contributed by atoms with E-state index in [-0.39, 0.29) is 5.69 Å². The summed E-state index contributed by atoms with van der Waals surface area (Å²) in [6, 6.07) is 16.2. The fraction of sp³-hybridized carbons (Fsp3) is 0.0556. The van der Waals surface area contributed by atoms with Crippen LogP contribution < -0.4 is 0 Å². The van der Waals surface area contributed by atoms with E-state index in [1.54, 1.807) is 18.2 Å². The SMILES string of the molecule is Cn1cc(/C=C(/C#N)c2cccc([N+](=O)[O-])c2)c2ccccc21. The number of allylic oxidation sites excluding steroid dienone is 1. The summed E-state index contributed by atoms with van der Waals surface area (Å²) >= 11 is 0. The van der Waals surface area contributed by atoms with E-state index >= 15 is 0 Å². The lowest BCUT2D eigenvalue weighted by atomic mass is 10.0. The van der Waals surface area contributed by atoms with Crippen LogP contribution in [0.1, 0.15) is 11.1 Å². The minimum Gasteiger partial charge on any atom is -0.350 e. The fourth-order valence-corrected chi connectivity index (χ4v) is 2.61. The lowest BCUT2D eigenvalue weighted by molar-refractivity contribution is -0.384. The Labute approximate surface area is 132 Å². The third-order valence-electron chi connectivity index (χ3n) is 3.72. The number of benzene rings is 2. The smallest absolute Gasteiger partial charge is 0.270 e. The zero-order chi connectivity index (χ0) is 16.4. The summed E-state index contributed by atoms with van der Waals surface area (Å²) in [6.07, 6.45) is 3.71. The van der Waals surface area contributed by atoms with Crippen molar-refractivity contribution in [2.75, 3.05) is 0 Å². The van der Waals surface area contributed by atoms with Gasteiger partial charge in [-0.05, 0) is 17.7 Å². The molecule has 1 heterocycles. The van der Waals surface area contributed by atoms with Gasteiger partial charge in [0.1, 0.15) is 0 Å². The first-order valence-electron chi connectivity index (χ1n) is 7.01. The van der Waals surface area contributed by atoms with Crippen molar-refractivity contribution >= 4 is 28.2 Å². The zero-order valence-electron chi connectivity index (χ0n) is 12.4. The van der Waals surface area contributed by atoms with Crippen molar-refractivity contribution in [1.82, 2.24) is 4.57 Å². The number of aromatic nitrogens is 1. The van der Waals surface area contributed by atoms with E-state index in [1.165, 1.54) is 12.1 Å². The fourth-order valence-electron chi connectivity index (χ4n) is 2.61. The zero-order valence-corrected chi connectivity index (χ0v) is 12.4. The lowest BCUT2D eigenvalue weighted by Gasteiger charge is -1.99. The molecule has 0 radical (unpaired) electrons. The monoisotopic (exact) mass is 303 g/mol. The molecule has 0 saturated heterocycles. The van der Waals surface area contributed by atoms with Gasteiger partial charge in [-0.1, -0.05) is 30.3 Å². The number of hydrogen-bond donors (Lipinski definition) is 0. The number of nitriles is 1. The molecule has 0 N–H and O–H groups in total. The van der Waals surface area contributed by atoms with Crippen LogP contribution >= 0.6 is 0 Å². The molecule has 5 nitrogen and oxygen atoms in total. The Kier molecular flexibility index (Phi) is 3.65. The molecule has 0 amide bonds. The van der Waals surface area contributed by atoms with Gasteiger partial charge in [0.05, 0.1) is 16.6 Å². The molecule has 0 saturated carbocycles. The summed E-state index contributed by atoms with van der Waals surface area (Å²) in [7, 11) is 1.94. The minimum atomic E-state index is -0.462. The first kappa shape index (κ1) is 14.5. The number of aryl methyl sites for hydroxylation is 1. The standard InChI is InChI=1S/C18H13N3O2/c1-20-12-15(17-7-2-3-8-18(17)20)9-14(11-19)13-5-4-6-16(10-13)21(22)23/h2-10,12H,1H3/b14-9-. The molecule has 0 unspecified atom stereocenters. The molecule has 2 aromatic carbocycles. The molecule has 0 spiro atoms. The highest BCUT2D eigenvalue weighted by atomic mass is 16.6. The normalized spacial score (nSPS) is 11.4. The number of fused-ring (bicyclic) bond motifs is 1. The second-order valence-corrected chi connectivity index (χ2v) is 5.19. The highest BCUT2D eigenvalue weighted by Crippen LogP contribution is 2.26. The molecule has 0 atom stereocenters. The molecule has 3 aromatic rings. The predicted octanol–water partition coefficient (Wildman–Crippen LogP) is 4.15. The number of nitro benzene ring substituents is 1. The van der Waals surface area contributed by atoms with Crippen molar-refractivity contribution < 1.29 is 4.92 Å². The van der Waals surface area contributed by atoms with Crippen LogP contribution in [0.4, 0.5) is 5.69 Å². The Balaban J connectivity index is 2.14. The van der Waals surface area contributed by atoms with Gasteiger partial charge in [0.2, 0.25) is 0 Å². The second kappa shape index (κ2) is 5.78. The molecule has 0 bridgehead atoms. The summed E-state index contributed by atoms with van der Waals surface area (Å²) in [5, 5.41) is 21.4. The van der Waals surface area contributed by atoms with Gasteiger partial charge in [-0.25, -0.2) is 0 Å². The number of para-hydroxylation sites is 1. The van der Waals surface area contributed by atoms with Crippen molar-refractivity contribution in [3.05, 3.63) is 76.0 Å². The summed E-state index contributed by atoms with van der Waals surface area (Å²) in [5.41, 5.74) is 2.88. The topological polar surface area (TPSA) is 71.9 Å². The van der Waals surface area contributed by atoms with Gasteiger partial charge < -0.3 is 4.57 Å². The predicted molar refractivity (Wildman–Crippen MR) is 89.5 cm³/mol.